The van der Waals surface area contributed by atoms with Gasteiger partial charge in [0, 0.05) is 24.5 Å². The summed E-state index contributed by atoms with van der Waals surface area (Å²) < 4.78 is 5.36. The third-order valence-corrected chi connectivity index (χ3v) is 3.55. The molecule has 5 heteroatoms. The highest BCUT2D eigenvalue weighted by Crippen LogP contribution is 2.20. The zero-order chi connectivity index (χ0) is 15.2. The molecule has 116 valence electrons. The molecule has 0 spiro atoms. The van der Waals surface area contributed by atoms with Gasteiger partial charge in [-0.2, -0.15) is 0 Å². The van der Waals surface area contributed by atoms with Crippen LogP contribution >= 0.6 is 0 Å². The van der Waals surface area contributed by atoms with E-state index >= 15 is 0 Å². The zero-order valence-corrected chi connectivity index (χ0v) is 12.8. The van der Waals surface area contributed by atoms with Crippen molar-refractivity contribution in [1.29, 1.82) is 0 Å². The van der Waals surface area contributed by atoms with Crippen LogP contribution in [0.4, 0.5) is 11.4 Å². The van der Waals surface area contributed by atoms with Crippen molar-refractivity contribution in [3.05, 3.63) is 24.3 Å². The summed E-state index contributed by atoms with van der Waals surface area (Å²) in [6, 6.07) is 7.43. The monoisotopic (exact) mass is 291 g/mol. The summed E-state index contributed by atoms with van der Waals surface area (Å²) in [4.78, 5) is 14.3. The Hall–Kier alpha value is -1.59. The molecule has 1 saturated heterocycles. The van der Waals surface area contributed by atoms with E-state index in [0.717, 1.165) is 37.7 Å². The number of nitrogens with two attached hydrogens (primary N) is 1. The van der Waals surface area contributed by atoms with Crippen LogP contribution in [0.5, 0.6) is 0 Å². The number of benzene rings is 1. The van der Waals surface area contributed by atoms with E-state index in [-0.39, 0.29) is 5.91 Å². The fourth-order valence-electron chi connectivity index (χ4n) is 2.45. The molecule has 1 aromatic carbocycles. The molecule has 0 bridgehead atoms. The van der Waals surface area contributed by atoms with Crippen LogP contribution in [0.15, 0.2) is 24.3 Å². The topological polar surface area (TPSA) is 67.6 Å². The Morgan fingerprint density at radius 3 is 2.76 bits per heavy atom. The second-order valence-corrected chi connectivity index (χ2v) is 5.88. The first-order valence-electron chi connectivity index (χ1n) is 7.55. The summed E-state index contributed by atoms with van der Waals surface area (Å²) in [6.07, 6.45) is 0.689. The predicted molar refractivity (Wildman–Crippen MR) is 85.5 cm³/mol. The van der Waals surface area contributed by atoms with Gasteiger partial charge >= 0.3 is 0 Å². The first kappa shape index (κ1) is 15.8. The van der Waals surface area contributed by atoms with Gasteiger partial charge in [-0.05, 0) is 30.5 Å². The molecule has 1 heterocycles. The van der Waals surface area contributed by atoms with Gasteiger partial charge in [0.1, 0.15) is 0 Å². The van der Waals surface area contributed by atoms with Gasteiger partial charge < -0.3 is 20.7 Å². The Morgan fingerprint density at radius 1 is 1.38 bits per heavy atom. The van der Waals surface area contributed by atoms with Crippen molar-refractivity contribution in [2.75, 3.05) is 36.5 Å². The van der Waals surface area contributed by atoms with Crippen molar-refractivity contribution in [2.45, 2.75) is 26.3 Å². The number of rotatable bonds is 5. The van der Waals surface area contributed by atoms with Gasteiger partial charge in [-0.1, -0.05) is 19.9 Å². The van der Waals surface area contributed by atoms with Gasteiger partial charge in [0.15, 0.2) is 0 Å². The lowest BCUT2D eigenvalue weighted by Crippen LogP contribution is -2.37. The molecule has 0 saturated carbocycles. The highest BCUT2D eigenvalue weighted by atomic mass is 16.5. The van der Waals surface area contributed by atoms with E-state index in [4.69, 9.17) is 10.5 Å². The minimum atomic E-state index is -0.461. The SMILES string of the molecule is CC(C)C[C@H](N)C(=O)Nc1cccc(N2CCOCC2)c1. The number of nitrogens with one attached hydrogen (secondary N) is 1. The maximum atomic E-state index is 12.1. The van der Waals surface area contributed by atoms with Crippen LogP contribution in [0.2, 0.25) is 0 Å². The molecule has 5 nitrogen and oxygen atoms in total. The van der Waals surface area contributed by atoms with Gasteiger partial charge in [0.2, 0.25) is 5.91 Å². The zero-order valence-electron chi connectivity index (χ0n) is 12.8. The molecule has 1 aliphatic heterocycles. The smallest absolute Gasteiger partial charge is 0.241 e. The Balaban J connectivity index is 1.98. The van der Waals surface area contributed by atoms with Crippen molar-refractivity contribution in [1.82, 2.24) is 0 Å². The minimum absolute atomic E-state index is 0.122. The van der Waals surface area contributed by atoms with Gasteiger partial charge in [-0.3, -0.25) is 4.79 Å². The highest BCUT2D eigenvalue weighted by Gasteiger charge is 2.16. The Labute approximate surface area is 126 Å². The van der Waals surface area contributed by atoms with Gasteiger partial charge in [0.05, 0.1) is 19.3 Å². The molecule has 0 radical (unpaired) electrons. The van der Waals surface area contributed by atoms with E-state index in [0.29, 0.717) is 12.3 Å². The van der Waals surface area contributed by atoms with Crippen molar-refractivity contribution in [3.63, 3.8) is 0 Å². The third kappa shape index (κ3) is 4.72. The lowest BCUT2D eigenvalue weighted by atomic mass is 10.0. The molecule has 0 aromatic heterocycles. The lowest BCUT2D eigenvalue weighted by Gasteiger charge is -2.29. The number of hydrogen-bond acceptors (Lipinski definition) is 4. The van der Waals surface area contributed by atoms with Crippen molar-refractivity contribution < 1.29 is 9.53 Å². The highest BCUT2D eigenvalue weighted by molar-refractivity contribution is 5.95. The second-order valence-electron chi connectivity index (χ2n) is 5.88. The standard InChI is InChI=1S/C16H25N3O2/c1-12(2)10-15(17)16(20)18-13-4-3-5-14(11-13)19-6-8-21-9-7-19/h3-5,11-12,15H,6-10,17H2,1-2H3,(H,18,20)/t15-/m0/s1. The van der Waals surface area contributed by atoms with Crippen LogP contribution < -0.4 is 16.0 Å². The molecule has 1 atom stereocenters. The molecule has 0 unspecified atom stereocenters. The fourth-order valence-corrected chi connectivity index (χ4v) is 2.45. The number of carbonyl (C=O) groups excluding carboxylic acids is 1. The largest absolute Gasteiger partial charge is 0.378 e. The number of morpholine rings is 1. The molecule has 1 aliphatic rings. The van der Waals surface area contributed by atoms with E-state index in [1.165, 1.54) is 0 Å². The molecule has 21 heavy (non-hydrogen) atoms. The van der Waals surface area contributed by atoms with E-state index in [1.54, 1.807) is 0 Å². The number of carbonyl (C=O) groups is 1. The maximum absolute atomic E-state index is 12.1. The Morgan fingerprint density at radius 2 is 2.10 bits per heavy atom. The first-order chi connectivity index (χ1) is 10.1. The summed E-state index contributed by atoms with van der Waals surface area (Å²) in [5.74, 6) is 0.285. The van der Waals surface area contributed by atoms with E-state index < -0.39 is 6.04 Å². The number of anilines is 2. The molecule has 1 amide bonds. The van der Waals surface area contributed by atoms with Crippen LogP contribution in [-0.2, 0) is 9.53 Å². The van der Waals surface area contributed by atoms with Crippen molar-refractivity contribution >= 4 is 17.3 Å². The van der Waals surface area contributed by atoms with Crippen LogP contribution in [0.25, 0.3) is 0 Å². The summed E-state index contributed by atoms with van der Waals surface area (Å²) in [7, 11) is 0. The lowest BCUT2D eigenvalue weighted by molar-refractivity contribution is -0.117. The Bertz CT molecular complexity index is 470. The van der Waals surface area contributed by atoms with Crippen LogP contribution in [0.3, 0.4) is 0 Å². The van der Waals surface area contributed by atoms with Gasteiger partial charge in [0.25, 0.3) is 0 Å². The first-order valence-corrected chi connectivity index (χ1v) is 7.55. The summed E-state index contributed by atoms with van der Waals surface area (Å²) in [5, 5.41) is 2.90. The average Bonchev–Trinajstić information content (AvgIpc) is 2.47. The number of amides is 1. The van der Waals surface area contributed by atoms with Crippen LogP contribution in [0, 0.1) is 5.92 Å². The maximum Gasteiger partial charge on any atom is 0.241 e. The molecule has 3 N–H and O–H groups in total. The summed E-state index contributed by atoms with van der Waals surface area (Å²) in [6.45, 7) is 7.37. The van der Waals surface area contributed by atoms with E-state index in [1.807, 2.05) is 18.2 Å². The quantitative estimate of drug-likeness (QED) is 0.868. The number of hydrogen-bond donors (Lipinski definition) is 2. The van der Waals surface area contributed by atoms with Crippen LogP contribution in [-0.4, -0.2) is 38.3 Å². The predicted octanol–water partition coefficient (Wildman–Crippen LogP) is 1.84. The summed E-state index contributed by atoms with van der Waals surface area (Å²) in [5.41, 5.74) is 7.81. The fraction of sp³-hybridized carbons (Fsp3) is 0.562. The molecule has 1 aromatic rings. The van der Waals surface area contributed by atoms with E-state index in [9.17, 15) is 4.79 Å². The van der Waals surface area contributed by atoms with Gasteiger partial charge in [-0.15, -0.1) is 0 Å². The van der Waals surface area contributed by atoms with Crippen molar-refractivity contribution in [3.8, 4) is 0 Å². The van der Waals surface area contributed by atoms with Crippen molar-refractivity contribution in [2.24, 2.45) is 11.7 Å². The molecule has 1 fully saturated rings. The normalized spacial score (nSPS) is 16.9. The Kier molecular flexibility index (Phi) is 5.59. The molecule has 2 rings (SSSR count). The summed E-state index contributed by atoms with van der Waals surface area (Å²) >= 11 is 0. The minimum Gasteiger partial charge on any atom is -0.378 e. The number of ether oxygens (including phenoxy) is 1. The number of nitrogens with zero attached hydrogens (tertiary/aromatic N) is 1. The van der Waals surface area contributed by atoms with E-state index in [2.05, 4.69) is 30.1 Å². The molecule has 0 aliphatic carbocycles. The van der Waals surface area contributed by atoms with Crippen LogP contribution in [0.1, 0.15) is 20.3 Å². The third-order valence-electron chi connectivity index (χ3n) is 3.55. The molecular formula is C16H25N3O2. The second kappa shape index (κ2) is 7.43. The molecular weight excluding hydrogens is 266 g/mol. The average molecular weight is 291 g/mol. The van der Waals surface area contributed by atoms with Gasteiger partial charge in [-0.25, -0.2) is 0 Å².